The standard InChI is InChI=1S/C9H12F4O2/c10-6(9(11,12)13)8(7(14)15)4-2-1-3-5-8/h6H,1-5H2,(H,14,15). The third kappa shape index (κ3) is 2.23. The smallest absolute Gasteiger partial charge is 0.420 e. The number of halogens is 4. The van der Waals surface area contributed by atoms with Crippen molar-refractivity contribution in [3.05, 3.63) is 0 Å². The van der Waals surface area contributed by atoms with Crippen LogP contribution in [0.15, 0.2) is 0 Å². The molecule has 1 rings (SSSR count). The van der Waals surface area contributed by atoms with Crippen molar-refractivity contribution < 1.29 is 27.5 Å². The predicted molar refractivity (Wildman–Crippen MR) is 44.1 cm³/mol. The van der Waals surface area contributed by atoms with Crippen molar-refractivity contribution >= 4 is 5.97 Å². The number of rotatable bonds is 2. The van der Waals surface area contributed by atoms with Gasteiger partial charge < -0.3 is 5.11 Å². The molecule has 6 heteroatoms. The molecule has 0 radical (unpaired) electrons. The molecule has 0 saturated heterocycles. The number of hydrogen-bond donors (Lipinski definition) is 1. The summed E-state index contributed by atoms with van der Waals surface area (Å²) in [5.74, 6) is -1.67. The minimum Gasteiger partial charge on any atom is -0.481 e. The van der Waals surface area contributed by atoms with E-state index in [4.69, 9.17) is 5.11 Å². The van der Waals surface area contributed by atoms with Crippen LogP contribution in [0.1, 0.15) is 32.1 Å². The first-order valence-electron chi connectivity index (χ1n) is 4.75. The van der Waals surface area contributed by atoms with Gasteiger partial charge >= 0.3 is 12.1 Å². The van der Waals surface area contributed by atoms with Gasteiger partial charge in [0.2, 0.25) is 6.17 Å². The molecule has 0 bridgehead atoms. The first-order valence-corrected chi connectivity index (χ1v) is 4.75. The van der Waals surface area contributed by atoms with Gasteiger partial charge in [-0.2, -0.15) is 13.2 Å². The Morgan fingerprint density at radius 2 is 1.67 bits per heavy atom. The highest BCUT2D eigenvalue weighted by molar-refractivity contribution is 5.75. The Balaban J connectivity index is 2.95. The molecule has 0 spiro atoms. The average Bonchev–Trinajstić information content (AvgIpc) is 2.16. The second-order valence-corrected chi connectivity index (χ2v) is 3.93. The lowest BCUT2D eigenvalue weighted by atomic mass is 9.70. The lowest BCUT2D eigenvalue weighted by molar-refractivity contribution is -0.224. The van der Waals surface area contributed by atoms with Crippen LogP contribution in [0, 0.1) is 5.41 Å². The van der Waals surface area contributed by atoms with Crippen LogP contribution in [0.4, 0.5) is 17.6 Å². The summed E-state index contributed by atoms with van der Waals surface area (Å²) in [5.41, 5.74) is -2.25. The zero-order valence-electron chi connectivity index (χ0n) is 7.98. The van der Waals surface area contributed by atoms with Gasteiger partial charge in [0.05, 0.1) is 0 Å². The predicted octanol–water partition coefficient (Wildman–Crippen LogP) is 2.92. The summed E-state index contributed by atoms with van der Waals surface area (Å²) in [7, 11) is 0. The SMILES string of the molecule is O=C(O)C1(C(F)C(F)(F)F)CCCCC1. The molecule has 2 nitrogen and oxygen atoms in total. The molecule has 0 aromatic carbocycles. The molecule has 1 atom stereocenters. The van der Waals surface area contributed by atoms with E-state index in [2.05, 4.69) is 0 Å². The van der Waals surface area contributed by atoms with E-state index in [1.165, 1.54) is 0 Å². The second kappa shape index (κ2) is 3.98. The zero-order valence-corrected chi connectivity index (χ0v) is 7.98. The maximum absolute atomic E-state index is 13.2. The average molecular weight is 228 g/mol. The van der Waals surface area contributed by atoms with Gasteiger partial charge in [-0.1, -0.05) is 19.3 Å². The Bertz CT molecular complexity index is 243. The molecule has 0 aromatic heterocycles. The molecule has 1 N–H and O–H groups in total. The first-order chi connectivity index (χ1) is 6.81. The fraction of sp³-hybridized carbons (Fsp3) is 0.889. The summed E-state index contributed by atoms with van der Waals surface area (Å²) >= 11 is 0. The van der Waals surface area contributed by atoms with Crippen LogP contribution in [-0.2, 0) is 4.79 Å². The quantitative estimate of drug-likeness (QED) is 0.738. The van der Waals surface area contributed by atoms with Crippen LogP contribution < -0.4 is 0 Å². The fourth-order valence-electron chi connectivity index (χ4n) is 2.07. The molecule has 15 heavy (non-hydrogen) atoms. The second-order valence-electron chi connectivity index (χ2n) is 3.93. The molecule has 0 heterocycles. The van der Waals surface area contributed by atoms with Gasteiger partial charge in [0.15, 0.2) is 0 Å². The zero-order chi connectivity index (χ0) is 11.7. The van der Waals surface area contributed by atoms with E-state index in [-0.39, 0.29) is 12.8 Å². The number of aliphatic carboxylic acids is 1. The summed E-state index contributed by atoms with van der Waals surface area (Å²) in [5, 5.41) is 8.78. The number of carboxylic acids is 1. The summed E-state index contributed by atoms with van der Waals surface area (Å²) in [6, 6.07) is 0. The first kappa shape index (κ1) is 12.3. The largest absolute Gasteiger partial charge is 0.481 e. The lowest BCUT2D eigenvalue weighted by Crippen LogP contribution is -2.48. The fourth-order valence-corrected chi connectivity index (χ4v) is 2.07. The van der Waals surface area contributed by atoms with Gasteiger partial charge in [0.25, 0.3) is 0 Å². The summed E-state index contributed by atoms with van der Waals surface area (Å²) in [4.78, 5) is 10.8. The van der Waals surface area contributed by atoms with Crippen LogP contribution >= 0.6 is 0 Å². The third-order valence-electron chi connectivity index (χ3n) is 2.94. The highest BCUT2D eigenvalue weighted by Gasteiger charge is 2.58. The highest BCUT2D eigenvalue weighted by Crippen LogP contribution is 2.46. The third-order valence-corrected chi connectivity index (χ3v) is 2.94. The van der Waals surface area contributed by atoms with Crippen molar-refractivity contribution in [1.82, 2.24) is 0 Å². The summed E-state index contributed by atoms with van der Waals surface area (Å²) in [6.45, 7) is 0. The van der Waals surface area contributed by atoms with Crippen LogP contribution in [0.3, 0.4) is 0 Å². The van der Waals surface area contributed by atoms with E-state index in [1.54, 1.807) is 0 Å². The minimum absolute atomic E-state index is 0.233. The molecule has 1 saturated carbocycles. The molecule has 88 valence electrons. The lowest BCUT2D eigenvalue weighted by Gasteiger charge is -2.36. The number of alkyl halides is 4. The molecule has 1 fully saturated rings. The Kier molecular flexibility index (Phi) is 3.25. The van der Waals surface area contributed by atoms with Crippen molar-refractivity contribution in [2.75, 3.05) is 0 Å². The Morgan fingerprint density at radius 1 is 1.20 bits per heavy atom. The van der Waals surface area contributed by atoms with Crippen molar-refractivity contribution in [2.45, 2.75) is 44.5 Å². The van der Waals surface area contributed by atoms with Crippen LogP contribution in [0.5, 0.6) is 0 Å². The molecule has 0 amide bonds. The van der Waals surface area contributed by atoms with Crippen LogP contribution in [-0.4, -0.2) is 23.4 Å². The maximum Gasteiger partial charge on any atom is 0.420 e. The van der Waals surface area contributed by atoms with Crippen LogP contribution in [0.2, 0.25) is 0 Å². The van der Waals surface area contributed by atoms with E-state index in [0.29, 0.717) is 19.3 Å². The molecule has 0 aliphatic heterocycles. The van der Waals surface area contributed by atoms with Crippen molar-refractivity contribution in [1.29, 1.82) is 0 Å². The summed E-state index contributed by atoms with van der Waals surface area (Å²) in [6.07, 6.45) is -7.48. The van der Waals surface area contributed by atoms with Gasteiger partial charge in [0.1, 0.15) is 5.41 Å². The van der Waals surface area contributed by atoms with Gasteiger partial charge in [-0.3, -0.25) is 4.79 Å². The topological polar surface area (TPSA) is 37.3 Å². The Morgan fingerprint density at radius 3 is 2.00 bits per heavy atom. The van der Waals surface area contributed by atoms with E-state index in [1.807, 2.05) is 0 Å². The minimum atomic E-state index is -5.09. The molecule has 0 aromatic rings. The van der Waals surface area contributed by atoms with Gasteiger partial charge in [-0.05, 0) is 12.8 Å². The van der Waals surface area contributed by atoms with Crippen molar-refractivity contribution in [3.8, 4) is 0 Å². The van der Waals surface area contributed by atoms with Crippen LogP contribution in [0.25, 0.3) is 0 Å². The maximum atomic E-state index is 13.2. The molecule has 1 unspecified atom stereocenters. The molecule has 1 aliphatic rings. The monoisotopic (exact) mass is 228 g/mol. The van der Waals surface area contributed by atoms with Gasteiger partial charge in [-0.25, -0.2) is 4.39 Å². The van der Waals surface area contributed by atoms with E-state index < -0.39 is 23.7 Å². The Labute approximate surface area is 84.3 Å². The van der Waals surface area contributed by atoms with Crippen molar-refractivity contribution in [3.63, 3.8) is 0 Å². The van der Waals surface area contributed by atoms with E-state index >= 15 is 0 Å². The number of hydrogen-bond acceptors (Lipinski definition) is 1. The van der Waals surface area contributed by atoms with Gasteiger partial charge in [0, 0.05) is 0 Å². The summed E-state index contributed by atoms with van der Waals surface area (Å²) < 4.78 is 49.8. The molecular formula is C9H12F4O2. The van der Waals surface area contributed by atoms with Gasteiger partial charge in [-0.15, -0.1) is 0 Å². The number of carboxylic acid groups (broad SMARTS) is 1. The Hall–Kier alpha value is -0.810. The van der Waals surface area contributed by atoms with E-state index in [9.17, 15) is 22.4 Å². The van der Waals surface area contributed by atoms with E-state index in [0.717, 1.165) is 0 Å². The molecular weight excluding hydrogens is 216 g/mol. The highest BCUT2D eigenvalue weighted by atomic mass is 19.4. The molecule has 1 aliphatic carbocycles. The number of carbonyl (C=O) groups is 1. The normalized spacial score (nSPS) is 23.5. The van der Waals surface area contributed by atoms with Crippen molar-refractivity contribution in [2.24, 2.45) is 5.41 Å².